The van der Waals surface area contributed by atoms with E-state index >= 15 is 0 Å². The fraction of sp³-hybridized carbons (Fsp3) is 0.250. The van der Waals surface area contributed by atoms with Crippen LogP contribution in [-0.4, -0.2) is 19.2 Å². The molecule has 142 valence electrons. The van der Waals surface area contributed by atoms with Crippen LogP contribution in [0.5, 0.6) is 5.75 Å². The molecule has 3 aromatic rings. The predicted octanol–water partition coefficient (Wildman–Crippen LogP) is 4.41. The fourth-order valence-corrected chi connectivity index (χ4v) is 4.73. The van der Waals surface area contributed by atoms with E-state index in [-0.39, 0.29) is 23.9 Å². The maximum absolute atomic E-state index is 12.9. The van der Waals surface area contributed by atoms with Crippen LogP contribution in [0.2, 0.25) is 0 Å². The summed E-state index contributed by atoms with van der Waals surface area (Å²) >= 11 is 1.36. The lowest BCUT2D eigenvalue weighted by Crippen LogP contribution is -2.10. The quantitative estimate of drug-likeness (QED) is 0.529. The van der Waals surface area contributed by atoms with Gasteiger partial charge in [-0.1, -0.05) is 30.3 Å². The van der Waals surface area contributed by atoms with Gasteiger partial charge in [-0.2, -0.15) is 0 Å². The third-order valence-corrected chi connectivity index (χ3v) is 6.42. The summed E-state index contributed by atoms with van der Waals surface area (Å²) in [5.74, 6) is 0.299. The molecule has 27 heavy (non-hydrogen) atoms. The lowest BCUT2D eigenvalue weighted by molar-refractivity contribution is 0.305. The van der Waals surface area contributed by atoms with Gasteiger partial charge < -0.3 is 4.74 Å². The Balaban J connectivity index is 1.47. The Labute approximate surface area is 162 Å². The number of aromatic nitrogens is 1. The average Bonchev–Trinajstić information content (AvgIpc) is 3.08. The fourth-order valence-electron chi connectivity index (χ4n) is 2.60. The predicted molar refractivity (Wildman–Crippen MR) is 105 cm³/mol. The van der Waals surface area contributed by atoms with Crippen molar-refractivity contribution in [1.29, 1.82) is 0 Å². The normalized spacial score (nSPS) is 11.4. The van der Waals surface area contributed by atoms with Gasteiger partial charge in [0, 0.05) is 5.38 Å². The Morgan fingerprint density at radius 2 is 1.78 bits per heavy atom. The van der Waals surface area contributed by atoms with Crippen LogP contribution in [0.4, 0.5) is 4.39 Å². The summed E-state index contributed by atoms with van der Waals surface area (Å²) in [7, 11) is -3.20. The van der Waals surface area contributed by atoms with Crippen molar-refractivity contribution in [1.82, 2.24) is 4.98 Å². The van der Waals surface area contributed by atoms with E-state index < -0.39 is 9.84 Å². The van der Waals surface area contributed by atoms with E-state index in [0.29, 0.717) is 22.9 Å². The van der Waals surface area contributed by atoms with E-state index in [1.54, 1.807) is 17.5 Å². The summed E-state index contributed by atoms with van der Waals surface area (Å²) in [5.41, 5.74) is 1.68. The molecule has 0 aliphatic carbocycles. The van der Waals surface area contributed by atoms with Gasteiger partial charge in [-0.25, -0.2) is 17.8 Å². The topological polar surface area (TPSA) is 56.3 Å². The maximum atomic E-state index is 12.9. The number of benzene rings is 2. The van der Waals surface area contributed by atoms with Crippen LogP contribution in [-0.2, 0) is 28.6 Å². The highest BCUT2D eigenvalue weighted by Gasteiger charge is 2.15. The average molecular weight is 406 g/mol. The number of sulfone groups is 1. The van der Waals surface area contributed by atoms with Crippen molar-refractivity contribution in [3.63, 3.8) is 0 Å². The highest BCUT2D eigenvalue weighted by molar-refractivity contribution is 7.90. The van der Waals surface area contributed by atoms with Gasteiger partial charge in [-0.15, -0.1) is 11.3 Å². The van der Waals surface area contributed by atoms with Crippen molar-refractivity contribution in [2.24, 2.45) is 0 Å². The minimum Gasteiger partial charge on any atom is -0.486 e. The van der Waals surface area contributed by atoms with Gasteiger partial charge in [0.05, 0.1) is 17.2 Å². The lowest BCUT2D eigenvalue weighted by atomic mass is 10.1. The van der Waals surface area contributed by atoms with Gasteiger partial charge in [-0.05, 0) is 42.7 Å². The van der Waals surface area contributed by atoms with Crippen LogP contribution >= 0.6 is 11.3 Å². The van der Waals surface area contributed by atoms with Gasteiger partial charge in [0.1, 0.15) is 23.2 Å². The van der Waals surface area contributed by atoms with E-state index in [2.05, 4.69) is 4.98 Å². The highest BCUT2D eigenvalue weighted by Crippen LogP contribution is 2.17. The summed E-state index contributed by atoms with van der Waals surface area (Å²) in [6.07, 6.45) is 1.34. The zero-order valence-electron chi connectivity index (χ0n) is 14.7. The number of rotatable bonds is 9. The number of aryl methyl sites for hydroxylation is 1. The second kappa shape index (κ2) is 9.10. The van der Waals surface area contributed by atoms with Crippen LogP contribution in [0.15, 0.2) is 60.0 Å². The van der Waals surface area contributed by atoms with Crippen molar-refractivity contribution in [3.05, 3.63) is 82.1 Å². The van der Waals surface area contributed by atoms with Gasteiger partial charge >= 0.3 is 0 Å². The molecule has 0 saturated heterocycles. The molecule has 0 radical (unpaired) electrons. The van der Waals surface area contributed by atoms with Crippen LogP contribution in [0, 0.1) is 5.82 Å². The van der Waals surface area contributed by atoms with Crippen molar-refractivity contribution >= 4 is 21.2 Å². The van der Waals surface area contributed by atoms with E-state index in [0.717, 1.165) is 12.0 Å². The van der Waals surface area contributed by atoms with Gasteiger partial charge in [0.15, 0.2) is 9.84 Å². The van der Waals surface area contributed by atoms with Crippen molar-refractivity contribution in [2.45, 2.75) is 25.2 Å². The first kappa shape index (κ1) is 19.5. The summed E-state index contributed by atoms with van der Waals surface area (Å²) in [5, 5.41) is 2.44. The van der Waals surface area contributed by atoms with Crippen molar-refractivity contribution in [2.75, 3.05) is 5.75 Å². The molecule has 0 N–H and O–H groups in total. The molecule has 1 aromatic heterocycles. The Kier molecular flexibility index (Phi) is 6.58. The number of thiazole rings is 1. The van der Waals surface area contributed by atoms with Crippen LogP contribution in [0.1, 0.15) is 22.7 Å². The molecule has 0 spiro atoms. The van der Waals surface area contributed by atoms with Gasteiger partial charge in [0.25, 0.3) is 0 Å². The first-order valence-electron chi connectivity index (χ1n) is 8.56. The second-order valence-corrected chi connectivity index (χ2v) is 9.28. The van der Waals surface area contributed by atoms with E-state index in [9.17, 15) is 12.8 Å². The van der Waals surface area contributed by atoms with Crippen molar-refractivity contribution in [3.8, 4) is 5.75 Å². The number of halogens is 1. The van der Waals surface area contributed by atoms with Crippen LogP contribution in [0.25, 0.3) is 0 Å². The molecule has 2 aromatic carbocycles. The number of hydrogen-bond acceptors (Lipinski definition) is 5. The number of hydrogen-bond donors (Lipinski definition) is 0. The standard InChI is InChI=1S/C20H20FNO3S2/c21-17-8-10-19(11-9-17)25-13-20-22-18(14-26-20)15-27(23,24)12-4-7-16-5-2-1-3-6-16/h1-3,5-6,8-11,14H,4,7,12-13,15H2. The Hall–Kier alpha value is -2.25. The third kappa shape index (κ3) is 6.45. The van der Waals surface area contributed by atoms with Gasteiger partial charge in [0.2, 0.25) is 0 Å². The Morgan fingerprint density at radius 3 is 2.52 bits per heavy atom. The molecular weight excluding hydrogens is 385 g/mol. The summed E-state index contributed by atoms with van der Waals surface area (Å²) in [6.45, 7) is 0.227. The third-order valence-electron chi connectivity index (χ3n) is 3.91. The Bertz CT molecular complexity index is 954. The highest BCUT2D eigenvalue weighted by atomic mass is 32.2. The molecule has 1 heterocycles. The monoisotopic (exact) mass is 405 g/mol. The zero-order chi connectivity index (χ0) is 19.1. The van der Waals surface area contributed by atoms with E-state index in [1.165, 1.54) is 23.5 Å². The first-order valence-corrected chi connectivity index (χ1v) is 11.3. The molecule has 3 rings (SSSR count). The number of ether oxygens (including phenoxy) is 1. The zero-order valence-corrected chi connectivity index (χ0v) is 16.3. The molecule has 0 aliphatic heterocycles. The SMILES string of the molecule is O=S(=O)(CCCc1ccccc1)Cc1csc(COc2ccc(F)cc2)n1. The molecule has 0 saturated carbocycles. The largest absolute Gasteiger partial charge is 0.486 e. The molecule has 0 amide bonds. The molecule has 0 unspecified atom stereocenters. The minimum absolute atomic E-state index is 0.0607. The Morgan fingerprint density at radius 1 is 1.04 bits per heavy atom. The van der Waals surface area contributed by atoms with E-state index in [1.807, 2.05) is 30.3 Å². The van der Waals surface area contributed by atoms with Gasteiger partial charge in [-0.3, -0.25) is 0 Å². The number of nitrogens with zero attached hydrogens (tertiary/aromatic N) is 1. The van der Waals surface area contributed by atoms with Crippen molar-refractivity contribution < 1.29 is 17.5 Å². The summed E-state index contributed by atoms with van der Waals surface area (Å²) in [4.78, 5) is 4.33. The molecule has 4 nitrogen and oxygen atoms in total. The molecule has 0 bridgehead atoms. The minimum atomic E-state index is -3.20. The molecule has 7 heteroatoms. The molecular formula is C20H20FNO3S2. The smallest absolute Gasteiger partial charge is 0.156 e. The second-order valence-electron chi connectivity index (χ2n) is 6.16. The lowest BCUT2D eigenvalue weighted by Gasteiger charge is -2.04. The first-order chi connectivity index (χ1) is 13.0. The maximum Gasteiger partial charge on any atom is 0.156 e. The summed E-state index contributed by atoms with van der Waals surface area (Å²) in [6, 6.07) is 15.6. The van der Waals surface area contributed by atoms with Crippen LogP contribution < -0.4 is 4.74 Å². The molecule has 0 fully saturated rings. The summed E-state index contributed by atoms with van der Waals surface area (Å²) < 4.78 is 43.0. The molecule has 0 atom stereocenters. The molecule has 0 aliphatic rings. The van der Waals surface area contributed by atoms with Crippen LogP contribution in [0.3, 0.4) is 0 Å². The van der Waals surface area contributed by atoms with E-state index in [4.69, 9.17) is 4.74 Å².